The van der Waals surface area contributed by atoms with Gasteiger partial charge in [-0.25, -0.2) is 0 Å². The highest BCUT2D eigenvalue weighted by atomic mass is 16.5. The third-order valence-corrected chi connectivity index (χ3v) is 4.09. The molecule has 0 bridgehead atoms. The Labute approximate surface area is 162 Å². The summed E-state index contributed by atoms with van der Waals surface area (Å²) < 4.78 is 21.5. The number of ether oxygens (including phenoxy) is 4. The van der Waals surface area contributed by atoms with Crippen molar-refractivity contribution < 1.29 is 28.5 Å². The quantitative estimate of drug-likeness (QED) is 0.791. The fourth-order valence-electron chi connectivity index (χ4n) is 2.69. The molecule has 1 aliphatic rings. The number of methoxy groups -OCH3 is 2. The van der Waals surface area contributed by atoms with Crippen molar-refractivity contribution in [2.75, 3.05) is 39.3 Å². The van der Waals surface area contributed by atoms with Gasteiger partial charge in [-0.05, 0) is 30.3 Å². The molecule has 0 aromatic heterocycles. The van der Waals surface area contributed by atoms with Crippen molar-refractivity contribution in [3.63, 3.8) is 0 Å². The summed E-state index contributed by atoms with van der Waals surface area (Å²) in [5, 5.41) is 5.30. The van der Waals surface area contributed by atoms with Crippen LogP contribution >= 0.6 is 0 Å². The molecule has 0 spiro atoms. The van der Waals surface area contributed by atoms with E-state index in [0.29, 0.717) is 47.5 Å². The van der Waals surface area contributed by atoms with Crippen LogP contribution in [0.2, 0.25) is 0 Å². The van der Waals surface area contributed by atoms with Gasteiger partial charge < -0.3 is 29.6 Å². The monoisotopic (exact) mass is 386 g/mol. The lowest BCUT2D eigenvalue weighted by molar-refractivity contribution is -0.115. The Morgan fingerprint density at radius 2 is 1.71 bits per heavy atom. The number of nitrogens with one attached hydrogen (secondary N) is 2. The lowest BCUT2D eigenvalue weighted by atomic mass is 10.2. The molecule has 0 fully saturated rings. The summed E-state index contributed by atoms with van der Waals surface area (Å²) in [7, 11) is 3.00. The first-order valence-corrected chi connectivity index (χ1v) is 8.80. The number of carbonyl (C=O) groups excluding carboxylic acids is 2. The van der Waals surface area contributed by atoms with Crippen molar-refractivity contribution in [1.29, 1.82) is 0 Å². The van der Waals surface area contributed by atoms with E-state index < -0.39 is 5.91 Å². The minimum Gasteiger partial charge on any atom is -0.493 e. The zero-order valence-electron chi connectivity index (χ0n) is 15.7. The SMILES string of the molecule is COc1ccc(C(=O)NCC(=O)Nc2ccc3c(c2)OCCCO3)cc1OC. The Morgan fingerprint density at radius 1 is 0.964 bits per heavy atom. The van der Waals surface area contributed by atoms with Crippen molar-refractivity contribution in [2.24, 2.45) is 0 Å². The van der Waals surface area contributed by atoms with Gasteiger partial charge in [-0.2, -0.15) is 0 Å². The number of hydrogen-bond acceptors (Lipinski definition) is 6. The van der Waals surface area contributed by atoms with Gasteiger partial charge in [0.25, 0.3) is 5.91 Å². The number of rotatable bonds is 6. The van der Waals surface area contributed by atoms with E-state index in [1.54, 1.807) is 36.4 Å². The van der Waals surface area contributed by atoms with Crippen LogP contribution in [0.4, 0.5) is 5.69 Å². The van der Waals surface area contributed by atoms with Gasteiger partial charge in [0.05, 0.1) is 34.0 Å². The largest absolute Gasteiger partial charge is 0.493 e. The Kier molecular flexibility index (Phi) is 6.21. The number of anilines is 1. The highest BCUT2D eigenvalue weighted by Gasteiger charge is 2.14. The number of hydrogen-bond donors (Lipinski definition) is 2. The fraction of sp³-hybridized carbons (Fsp3) is 0.300. The average molecular weight is 386 g/mol. The number of benzene rings is 2. The Balaban J connectivity index is 1.57. The molecule has 2 aromatic rings. The van der Waals surface area contributed by atoms with Gasteiger partial charge in [0.15, 0.2) is 23.0 Å². The van der Waals surface area contributed by atoms with Gasteiger partial charge in [-0.3, -0.25) is 9.59 Å². The Bertz CT molecular complexity index is 868. The molecule has 0 unspecified atom stereocenters. The summed E-state index contributed by atoms with van der Waals surface area (Å²) in [5.74, 6) is 1.44. The lowest BCUT2D eigenvalue weighted by Crippen LogP contribution is -2.32. The molecule has 3 rings (SSSR count). The van der Waals surface area contributed by atoms with E-state index in [-0.39, 0.29) is 12.5 Å². The van der Waals surface area contributed by atoms with Crippen molar-refractivity contribution in [3.05, 3.63) is 42.0 Å². The van der Waals surface area contributed by atoms with E-state index in [1.165, 1.54) is 14.2 Å². The van der Waals surface area contributed by atoms with Crippen molar-refractivity contribution in [3.8, 4) is 23.0 Å². The van der Waals surface area contributed by atoms with Gasteiger partial charge in [0.1, 0.15) is 0 Å². The molecule has 2 amide bonds. The van der Waals surface area contributed by atoms with Gasteiger partial charge >= 0.3 is 0 Å². The lowest BCUT2D eigenvalue weighted by Gasteiger charge is -2.11. The molecule has 0 saturated carbocycles. The number of carbonyl (C=O) groups is 2. The van der Waals surface area contributed by atoms with E-state index in [4.69, 9.17) is 18.9 Å². The number of fused-ring (bicyclic) bond motifs is 1. The second-order valence-electron chi connectivity index (χ2n) is 6.01. The predicted octanol–water partition coefficient (Wildman–Crippen LogP) is 2.23. The van der Waals surface area contributed by atoms with Crippen LogP contribution in [0.15, 0.2) is 36.4 Å². The maximum absolute atomic E-state index is 12.3. The molecule has 8 nitrogen and oxygen atoms in total. The molecule has 8 heteroatoms. The van der Waals surface area contributed by atoms with Crippen LogP contribution in [0.1, 0.15) is 16.8 Å². The van der Waals surface area contributed by atoms with Gasteiger partial charge in [-0.1, -0.05) is 0 Å². The van der Waals surface area contributed by atoms with Crippen LogP contribution < -0.4 is 29.6 Å². The highest BCUT2D eigenvalue weighted by Crippen LogP contribution is 2.32. The van der Waals surface area contributed by atoms with Gasteiger partial charge in [-0.15, -0.1) is 0 Å². The molecule has 0 aliphatic carbocycles. The van der Waals surface area contributed by atoms with Gasteiger partial charge in [0.2, 0.25) is 5.91 Å². The van der Waals surface area contributed by atoms with E-state index in [9.17, 15) is 9.59 Å². The Morgan fingerprint density at radius 3 is 2.46 bits per heavy atom. The summed E-state index contributed by atoms with van der Waals surface area (Å²) in [4.78, 5) is 24.4. The van der Waals surface area contributed by atoms with E-state index >= 15 is 0 Å². The summed E-state index contributed by atoms with van der Waals surface area (Å²) >= 11 is 0. The van der Waals surface area contributed by atoms with Crippen molar-refractivity contribution in [1.82, 2.24) is 5.32 Å². The first-order valence-electron chi connectivity index (χ1n) is 8.80. The molecule has 28 heavy (non-hydrogen) atoms. The standard InChI is InChI=1S/C20H22N2O6/c1-25-15-6-4-13(10-17(15)26-2)20(24)21-12-19(23)22-14-5-7-16-18(11-14)28-9-3-8-27-16/h4-7,10-11H,3,8-9,12H2,1-2H3,(H,21,24)(H,22,23). The third-order valence-electron chi connectivity index (χ3n) is 4.09. The fourth-order valence-corrected chi connectivity index (χ4v) is 2.69. The molecule has 148 valence electrons. The molecule has 2 aromatic carbocycles. The first-order chi connectivity index (χ1) is 13.6. The van der Waals surface area contributed by atoms with E-state index in [1.807, 2.05) is 0 Å². The van der Waals surface area contributed by atoms with Crippen LogP contribution in [0.3, 0.4) is 0 Å². The highest BCUT2D eigenvalue weighted by molar-refractivity contribution is 5.99. The predicted molar refractivity (Wildman–Crippen MR) is 103 cm³/mol. The molecular formula is C20H22N2O6. The number of amides is 2. The Hall–Kier alpha value is -3.42. The maximum Gasteiger partial charge on any atom is 0.251 e. The first kappa shape index (κ1) is 19.3. The molecular weight excluding hydrogens is 364 g/mol. The van der Waals surface area contributed by atoms with Crippen LogP contribution in [-0.4, -0.2) is 45.8 Å². The normalized spacial score (nSPS) is 12.5. The summed E-state index contributed by atoms with van der Waals surface area (Å²) in [6.45, 7) is 0.980. The third kappa shape index (κ3) is 4.64. The van der Waals surface area contributed by atoms with Crippen LogP contribution in [-0.2, 0) is 4.79 Å². The molecule has 0 saturated heterocycles. The minimum absolute atomic E-state index is 0.179. The van der Waals surface area contributed by atoms with Crippen LogP contribution in [0, 0.1) is 0 Å². The maximum atomic E-state index is 12.3. The summed E-state index contributed by atoms with van der Waals surface area (Å²) in [6, 6.07) is 9.95. The summed E-state index contributed by atoms with van der Waals surface area (Å²) in [6.07, 6.45) is 0.804. The topological polar surface area (TPSA) is 95.1 Å². The van der Waals surface area contributed by atoms with Crippen LogP contribution in [0.25, 0.3) is 0 Å². The smallest absolute Gasteiger partial charge is 0.251 e. The molecule has 1 heterocycles. The van der Waals surface area contributed by atoms with Crippen LogP contribution in [0.5, 0.6) is 23.0 Å². The zero-order chi connectivity index (χ0) is 19.9. The minimum atomic E-state index is -0.394. The molecule has 0 radical (unpaired) electrons. The average Bonchev–Trinajstić information content (AvgIpc) is 2.96. The zero-order valence-corrected chi connectivity index (χ0v) is 15.7. The van der Waals surface area contributed by atoms with Crippen molar-refractivity contribution in [2.45, 2.75) is 6.42 Å². The molecule has 1 aliphatic heterocycles. The van der Waals surface area contributed by atoms with Crippen molar-refractivity contribution >= 4 is 17.5 Å². The second kappa shape index (κ2) is 8.98. The molecule has 2 N–H and O–H groups in total. The molecule has 0 atom stereocenters. The van der Waals surface area contributed by atoms with Gasteiger partial charge in [0, 0.05) is 23.7 Å². The summed E-state index contributed by atoms with van der Waals surface area (Å²) in [5.41, 5.74) is 0.927. The van der Waals surface area contributed by atoms with E-state index in [2.05, 4.69) is 10.6 Å². The second-order valence-corrected chi connectivity index (χ2v) is 6.01. The van der Waals surface area contributed by atoms with E-state index in [0.717, 1.165) is 6.42 Å².